The van der Waals surface area contributed by atoms with E-state index in [9.17, 15) is 4.79 Å². The van der Waals surface area contributed by atoms with Gasteiger partial charge < -0.3 is 15.4 Å². The molecule has 5 rings (SSSR count). The lowest BCUT2D eigenvalue weighted by Gasteiger charge is -2.31. The average molecular weight is 439 g/mol. The Morgan fingerprint density at radius 2 is 1.79 bits per heavy atom. The van der Waals surface area contributed by atoms with Crippen molar-refractivity contribution in [3.05, 3.63) is 95.2 Å². The van der Waals surface area contributed by atoms with Crippen molar-refractivity contribution in [3.63, 3.8) is 0 Å². The van der Waals surface area contributed by atoms with E-state index in [1.165, 1.54) is 5.56 Å². The molecule has 0 bridgehead atoms. The molecule has 0 spiro atoms. The van der Waals surface area contributed by atoms with Gasteiger partial charge in [-0.2, -0.15) is 0 Å². The van der Waals surface area contributed by atoms with E-state index in [0.29, 0.717) is 11.3 Å². The van der Waals surface area contributed by atoms with Crippen molar-refractivity contribution in [2.24, 2.45) is 0 Å². The van der Waals surface area contributed by atoms with Crippen LogP contribution < -0.4 is 15.4 Å². The number of amides is 1. The van der Waals surface area contributed by atoms with Crippen LogP contribution in [0.2, 0.25) is 0 Å². The fourth-order valence-electron chi connectivity index (χ4n) is 4.38. The minimum atomic E-state index is -0.308. The Morgan fingerprint density at radius 3 is 2.48 bits per heavy atom. The quantitative estimate of drug-likeness (QED) is 0.430. The third-order valence-electron chi connectivity index (χ3n) is 6.13. The summed E-state index contributed by atoms with van der Waals surface area (Å²) >= 11 is 0. The van der Waals surface area contributed by atoms with Gasteiger partial charge in [-0.3, -0.25) is 9.36 Å². The summed E-state index contributed by atoms with van der Waals surface area (Å²) in [6, 6.07) is 23.5. The number of rotatable bonds is 5. The number of para-hydroxylation sites is 2. The average Bonchev–Trinajstić information content (AvgIpc) is 3.21. The van der Waals surface area contributed by atoms with E-state index >= 15 is 0 Å². The second-order valence-corrected chi connectivity index (χ2v) is 8.14. The monoisotopic (exact) mass is 438 g/mol. The number of anilines is 2. The number of aryl methyl sites for hydroxylation is 1. The third kappa shape index (κ3) is 3.74. The van der Waals surface area contributed by atoms with Crippen molar-refractivity contribution in [2.45, 2.75) is 26.3 Å². The zero-order valence-electron chi connectivity index (χ0n) is 18.9. The lowest BCUT2D eigenvalue weighted by atomic mass is 9.93. The first-order chi connectivity index (χ1) is 16.1. The second kappa shape index (κ2) is 8.47. The molecule has 0 radical (unpaired) electrons. The Bertz CT molecular complexity index is 1350. The van der Waals surface area contributed by atoms with E-state index in [2.05, 4.69) is 46.4 Å². The van der Waals surface area contributed by atoms with Crippen LogP contribution in [-0.4, -0.2) is 22.6 Å². The lowest BCUT2D eigenvalue weighted by Crippen LogP contribution is -2.30. The molecule has 3 aromatic carbocycles. The summed E-state index contributed by atoms with van der Waals surface area (Å²) in [7, 11) is 1.62. The van der Waals surface area contributed by atoms with E-state index < -0.39 is 0 Å². The maximum absolute atomic E-state index is 13.6. The topological polar surface area (TPSA) is 68.2 Å². The van der Waals surface area contributed by atoms with Crippen molar-refractivity contribution in [2.75, 3.05) is 17.7 Å². The minimum absolute atomic E-state index is 0.154. The maximum atomic E-state index is 13.6. The molecule has 1 aliphatic heterocycles. The molecule has 0 aliphatic carbocycles. The number of imidazole rings is 1. The molecular formula is C27H26N4O2. The van der Waals surface area contributed by atoms with Gasteiger partial charge in [0.1, 0.15) is 5.75 Å². The highest BCUT2D eigenvalue weighted by Gasteiger charge is 2.34. The number of nitrogens with zero attached hydrogens (tertiary/aromatic N) is 2. The number of fused-ring (bicyclic) bond motifs is 3. The van der Waals surface area contributed by atoms with Crippen LogP contribution >= 0.6 is 0 Å². The predicted octanol–water partition coefficient (Wildman–Crippen LogP) is 5.53. The number of hydrogen-bond acceptors (Lipinski definition) is 4. The highest BCUT2D eigenvalue weighted by Crippen LogP contribution is 2.39. The Labute approximate surface area is 192 Å². The molecule has 0 fully saturated rings. The van der Waals surface area contributed by atoms with Crippen LogP contribution in [0.15, 0.2) is 84.1 Å². The van der Waals surface area contributed by atoms with Crippen LogP contribution in [0.1, 0.15) is 31.0 Å². The van der Waals surface area contributed by atoms with Gasteiger partial charge in [-0.25, -0.2) is 4.98 Å². The van der Waals surface area contributed by atoms with Gasteiger partial charge in [-0.05, 0) is 60.9 Å². The summed E-state index contributed by atoms with van der Waals surface area (Å²) in [6.45, 7) is 4.07. The number of ether oxygens (including phenoxy) is 1. The molecule has 2 N–H and O–H groups in total. The summed E-state index contributed by atoms with van der Waals surface area (Å²) < 4.78 is 7.35. The van der Waals surface area contributed by atoms with Crippen molar-refractivity contribution < 1.29 is 9.53 Å². The van der Waals surface area contributed by atoms with Crippen LogP contribution in [0.25, 0.3) is 11.0 Å². The molecule has 6 nitrogen and oxygen atoms in total. The smallest absolute Gasteiger partial charge is 0.255 e. The maximum Gasteiger partial charge on any atom is 0.255 e. The van der Waals surface area contributed by atoms with E-state index in [-0.39, 0.29) is 11.9 Å². The number of carbonyl (C=O) groups excluding carboxylic acids is 1. The van der Waals surface area contributed by atoms with Gasteiger partial charge in [-0.1, -0.05) is 43.3 Å². The Balaban J connectivity index is 1.61. The van der Waals surface area contributed by atoms with Gasteiger partial charge in [0.25, 0.3) is 5.91 Å². The molecule has 6 heteroatoms. The van der Waals surface area contributed by atoms with Crippen LogP contribution in [0.3, 0.4) is 0 Å². The number of allylic oxidation sites excluding steroid dienone is 1. The summed E-state index contributed by atoms with van der Waals surface area (Å²) in [4.78, 5) is 18.4. The molecule has 1 amide bonds. The van der Waals surface area contributed by atoms with Gasteiger partial charge >= 0.3 is 0 Å². The molecular weight excluding hydrogens is 412 g/mol. The van der Waals surface area contributed by atoms with Gasteiger partial charge in [0.2, 0.25) is 5.95 Å². The lowest BCUT2D eigenvalue weighted by molar-refractivity contribution is -0.113. The van der Waals surface area contributed by atoms with Crippen LogP contribution in [0.4, 0.5) is 11.6 Å². The molecule has 2 heterocycles. The van der Waals surface area contributed by atoms with Gasteiger partial charge in [0.05, 0.1) is 29.8 Å². The number of methoxy groups -OCH3 is 1. The summed E-state index contributed by atoms with van der Waals surface area (Å²) in [6.07, 6.45) is 0.964. The van der Waals surface area contributed by atoms with E-state index in [1.807, 2.05) is 55.5 Å². The molecule has 166 valence electrons. The molecule has 1 unspecified atom stereocenters. The zero-order valence-corrected chi connectivity index (χ0v) is 18.9. The summed E-state index contributed by atoms with van der Waals surface area (Å²) in [5, 5.41) is 6.42. The summed E-state index contributed by atoms with van der Waals surface area (Å²) in [5.74, 6) is 1.32. The fourth-order valence-corrected chi connectivity index (χ4v) is 4.38. The number of aromatic nitrogens is 2. The Hall–Kier alpha value is -4.06. The molecule has 1 aromatic heterocycles. The van der Waals surface area contributed by atoms with Crippen LogP contribution in [0, 0.1) is 0 Å². The van der Waals surface area contributed by atoms with Gasteiger partial charge in [-0.15, -0.1) is 0 Å². The minimum Gasteiger partial charge on any atom is -0.497 e. The molecule has 0 saturated carbocycles. The molecule has 33 heavy (non-hydrogen) atoms. The zero-order chi connectivity index (χ0) is 22.9. The standard InChI is InChI=1S/C27H26N4O2/c1-4-18-9-11-19(12-10-18)25-24(26(32)29-20-13-15-21(33-3)16-14-20)17(2)28-27-30-22-7-5-6-8-23(22)31(25)27/h5-16,25H,4H2,1-3H3,(H,28,30)(H,29,32). The Kier molecular flexibility index (Phi) is 5.34. The number of benzene rings is 3. The SMILES string of the molecule is CCc1ccc(C2C(C(=O)Nc3ccc(OC)cc3)=C(C)Nc3nc4ccccc4n32)cc1. The van der Waals surface area contributed by atoms with Gasteiger partial charge in [0.15, 0.2) is 0 Å². The van der Waals surface area contributed by atoms with E-state index in [4.69, 9.17) is 9.72 Å². The van der Waals surface area contributed by atoms with Crippen LogP contribution in [0.5, 0.6) is 5.75 Å². The van der Waals surface area contributed by atoms with Crippen molar-refractivity contribution in [1.29, 1.82) is 0 Å². The highest BCUT2D eigenvalue weighted by atomic mass is 16.5. The number of carbonyl (C=O) groups is 1. The normalized spacial score (nSPS) is 15.2. The first kappa shape index (κ1) is 20.8. The Morgan fingerprint density at radius 1 is 1.06 bits per heavy atom. The van der Waals surface area contributed by atoms with Crippen molar-refractivity contribution >= 4 is 28.6 Å². The summed E-state index contributed by atoms with van der Waals surface area (Å²) in [5.41, 5.74) is 6.32. The molecule has 1 aliphatic rings. The highest BCUT2D eigenvalue weighted by molar-refractivity contribution is 6.06. The largest absolute Gasteiger partial charge is 0.497 e. The van der Waals surface area contributed by atoms with Gasteiger partial charge in [0, 0.05) is 11.4 Å². The molecule has 1 atom stereocenters. The second-order valence-electron chi connectivity index (χ2n) is 8.14. The molecule has 0 saturated heterocycles. The molecule has 4 aromatic rings. The third-order valence-corrected chi connectivity index (χ3v) is 6.13. The number of hydrogen-bond donors (Lipinski definition) is 2. The van der Waals surface area contributed by atoms with E-state index in [1.54, 1.807) is 7.11 Å². The first-order valence-corrected chi connectivity index (χ1v) is 11.1. The fraction of sp³-hybridized carbons (Fsp3) is 0.185. The van der Waals surface area contributed by atoms with Crippen LogP contribution in [-0.2, 0) is 11.2 Å². The number of nitrogens with one attached hydrogen (secondary N) is 2. The van der Waals surface area contributed by atoms with E-state index in [0.717, 1.165) is 40.4 Å². The first-order valence-electron chi connectivity index (χ1n) is 11.1. The van der Waals surface area contributed by atoms with Crippen molar-refractivity contribution in [1.82, 2.24) is 9.55 Å². The van der Waals surface area contributed by atoms with Crippen molar-refractivity contribution in [3.8, 4) is 5.75 Å². The predicted molar refractivity (Wildman–Crippen MR) is 132 cm³/mol.